The highest BCUT2D eigenvalue weighted by atomic mass is 35.5. The number of thioether (sulfide) groups is 1. The van der Waals surface area contributed by atoms with Crippen molar-refractivity contribution in [2.75, 3.05) is 6.26 Å². The molecule has 0 saturated heterocycles. The van der Waals surface area contributed by atoms with Gasteiger partial charge in [-0.1, -0.05) is 37.6 Å². The molecule has 1 atom stereocenters. The van der Waals surface area contributed by atoms with Crippen LogP contribution in [0.1, 0.15) is 37.0 Å². The summed E-state index contributed by atoms with van der Waals surface area (Å²) in [5.41, 5.74) is 1.25. The van der Waals surface area contributed by atoms with E-state index in [2.05, 4.69) is 49.7 Å². The summed E-state index contributed by atoms with van der Waals surface area (Å²) in [5.74, 6) is 3.43. The number of hydrogen-bond acceptors (Lipinski definition) is 3. The number of benzene rings is 1. The van der Waals surface area contributed by atoms with Gasteiger partial charge < -0.3 is 9.73 Å². The van der Waals surface area contributed by atoms with Crippen LogP contribution in [0.15, 0.2) is 40.8 Å². The van der Waals surface area contributed by atoms with Crippen LogP contribution in [0.25, 0.3) is 0 Å². The smallest absolute Gasteiger partial charge is 0.118 e. The van der Waals surface area contributed by atoms with Crippen molar-refractivity contribution in [3.63, 3.8) is 0 Å². The molecule has 1 unspecified atom stereocenters. The van der Waals surface area contributed by atoms with Crippen molar-refractivity contribution in [1.29, 1.82) is 0 Å². The average molecular weight is 324 g/mol. The molecule has 1 N–H and O–H groups in total. The summed E-state index contributed by atoms with van der Waals surface area (Å²) in [4.78, 5) is 0. The maximum Gasteiger partial charge on any atom is 0.118 e. The van der Waals surface area contributed by atoms with E-state index in [1.807, 2.05) is 12.1 Å². The van der Waals surface area contributed by atoms with E-state index >= 15 is 0 Å². The van der Waals surface area contributed by atoms with Gasteiger partial charge in [-0.25, -0.2) is 0 Å². The Morgan fingerprint density at radius 1 is 1.10 bits per heavy atom. The molecule has 0 fully saturated rings. The molecule has 0 radical (unpaired) electrons. The van der Waals surface area contributed by atoms with Crippen molar-refractivity contribution in [3.8, 4) is 0 Å². The van der Waals surface area contributed by atoms with Gasteiger partial charge in [-0.05, 0) is 42.0 Å². The summed E-state index contributed by atoms with van der Waals surface area (Å²) < 4.78 is 5.80. The molecule has 2 rings (SSSR count). The zero-order valence-corrected chi connectivity index (χ0v) is 14.3. The second-order valence-corrected chi connectivity index (χ2v) is 6.76. The first-order valence-corrected chi connectivity index (χ1v) is 8.92. The standard InChI is InChI=1S/C17H22ClNOS/c1-12(2)17(13-4-6-14(18)7-5-13)19-10-15-8-9-16(20-15)11-21-3/h4-9,12,17,19H,10-11H2,1-3H3. The van der Waals surface area contributed by atoms with Gasteiger partial charge in [0.1, 0.15) is 11.5 Å². The molecule has 21 heavy (non-hydrogen) atoms. The Morgan fingerprint density at radius 2 is 1.76 bits per heavy atom. The van der Waals surface area contributed by atoms with Crippen LogP contribution >= 0.6 is 23.4 Å². The highest BCUT2D eigenvalue weighted by Gasteiger charge is 2.15. The molecule has 1 aromatic heterocycles. The Kier molecular flexibility index (Phi) is 6.22. The van der Waals surface area contributed by atoms with E-state index in [4.69, 9.17) is 16.0 Å². The Labute approximate surface area is 136 Å². The number of hydrogen-bond donors (Lipinski definition) is 1. The van der Waals surface area contributed by atoms with E-state index < -0.39 is 0 Å². The molecule has 0 amide bonds. The van der Waals surface area contributed by atoms with Gasteiger partial charge in [0.05, 0.1) is 12.3 Å². The minimum atomic E-state index is 0.288. The topological polar surface area (TPSA) is 25.2 Å². The van der Waals surface area contributed by atoms with Crippen molar-refractivity contribution in [1.82, 2.24) is 5.32 Å². The van der Waals surface area contributed by atoms with E-state index in [0.717, 1.165) is 28.8 Å². The fourth-order valence-electron chi connectivity index (χ4n) is 2.36. The zero-order valence-electron chi connectivity index (χ0n) is 12.7. The Balaban J connectivity index is 2.01. The van der Waals surface area contributed by atoms with Crippen LogP contribution in [0, 0.1) is 5.92 Å². The normalized spacial score (nSPS) is 12.8. The van der Waals surface area contributed by atoms with Gasteiger partial charge in [-0.3, -0.25) is 0 Å². The van der Waals surface area contributed by atoms with Crippen LogP contribution in [0.3, 0.4) is 0 Å². The molecule has 2 aromatic rings. The fraction of sp³-hybridized carbons (Fsp3) is 0.412. The van der Waals surface area contributed by atoms with E-state index in [9.17, 15) is 0 Å². The SMILES string of the molecule is CSCc1ccc(CNC(c2ccc(Cl)cc2)C(C)C)o1. The van der Waals surface area contributed by atoms with Crippen LogP contribution in [0.5, 0.6) is 0 Å². The molecule has 4 heteroatoms. The molecule has 1 aromatic carbocycles. The summed E-state index contributed by atoms with van der Waals surface area (Å²) in [5, 5.41) is 4.36. The second-order valence-electron chi connectivity index (χ2n) is 5.46. The molecule has 0 aliphatic heterocycles. The van der Waals surface area contributed by atoms with Gasteiger partial charge in [-0.15, -0.1) is 0 Å². The second kappa shape index (κ2) is 7.92. The number of rotatable bonds is 7. The van der Waals surface area contributed by atoms with Crippen LogP contribution in [-0.2, 0) is 12.3 Å². The van der Waals surface area contributed by atoms with E-state index in [0.29, 0.717) is 5.92 Å². The molecule has 0 spiro atoms. The molecule has 0 saturated carbocycles. The third-order valence-electron chi connectivity index (χ3n) is 3.40. The summed E-state index contributed by atoms with van der Waals surface area (Å²) in [6.07, 6.45) is 2.08. The largest absolute Gasteiger partial charge is 0.464 e. The van der Waals surface area contributed by atoms with Crippen LogP contribution in [0.2, 0.25) is 5.02 Å². The van der Waals surface area contributed by atoms with Crippen molar-refractivity contribution in [2.24, 2.45) is 5.92 Å². The van der Waals surface area contributed by atoms with Crippen LogP contribution in [0.4, 0.5) is 0 Å². The monoisotopic (exact) mass is 323 g/mol. The van der Waals surface area contributed by atoms with Gasteiger partial charge in [0.2, 0.25) is 0 Å². The lowest BCUT2D eigenvalue weighted by Crippen LogP contribution is -2.25. The quantitative estimate of drug-likeness (QED) is 0.750. The Hall–Kier alpha value is -0.900. The van der Waals surface area contributed by atoms with Crippen molar-refractivity contribution >= 4 is 23.4 Å². The summed E-state index contributed by atoms with van der Waals surface area (Å²) in [6, 6.07) is 12.5. The lowest BCUT2D eigenvalue weighted by Gasteiger charge is -2.22. The van der Waals surface area contributed by atoms with E-state index in [-0.39, 0.29) is 6.04 Å². The van der Waals surface area contributed by atoms with Crippen molar-refractivity contribution < 1.29 is 4.42 Å². The Bertz CT molecular complexity index is 550. The molecular formula is C17H22ClNOS. The first-order valence-electron chi connectivity index (χ1n) is 7.15. The molecule has 0 aliphatic rings. The first-order chi connectivity index (χ1) is 10.1. The fourth-order valence-corrected chi connectivity index (χ4v) is 2.92. The molecule has 114 valence electrons. The predicted molar refractivity (Wildman–Crippen MR) is 91.8 cm³/mol. The van der Waals surface area contributed by atoms with Crippen LogP contribution < -0.4 is 5.32 Å². The minimum absolute atomic E-state index is 0.288. The number of furan rings is 1. The molecule has 2 nitrogen and oxygen atoms in total. The molecule has 0 bridgehead atoms. The van der Waals surface area contributed by atoms with Gasteiger partial charge in [0.15, 0.2) is 0 Å². The molecule has 0 aliphatic carbocycles. The summed E-state index contributed by atoms with van der Waals surface area (Å²) in [6.45, 7) is 5.17. The third kappa shape index (κ3) is 4.80. The molecule has 1 heterocycles. The van der Waals surface area contributed by atoms with Gasteiger partial charge in [-0.2, -0.15) is 11.8 Å². The van der Waals surface area contributed by atoms with Crippen LogP contribution in [-0.4, -0.2) is 6.26 Å². The van der Waals surface area contributed by atoms with Gasteiger partial charge in [0, 0.05) is 11.1 Å². The minimum Gasteiger partial charge on any atom is -0.464 e. The first kappa shape index (κ1) is 16.5. The van der Waals surface area contributed by atoms with Crippen molar-refractivity contribution in [2.45, 2.75) is 32.2 Å². The highest BCUT2D eigenvalue weighted by Crippen LogP contribution is 2.24. The van der Waals surface area contributed by atoms with Gasteiger partial charge >= 0.3 is 0 Å². The number of halogens is 1. The maximum atomic E-state index is 5.96. The zero-order chi connectivity index (χ0) is 15.2. The third-order valence-corrected chi connectivity index (χ3v) is 4.22. The lowest BCUT2D eigenvalue weighted by atomic mass is 9.96. The summed E-state index contributed by atoms with van der Waals surface area (Å²) in [7, 11) is 0. The predicted octanol–water partition coefficient (Wildman–Crippen LogP) is 5.28. The summed E-state index contributed by atoms with van der Waals surface area (Å²) >= 11 is 7.73. The van der Waals surface area contributed by atoms with Crippen molar-refractivity contribution in [3.05, 3.63) is 58.5 Å². The maximum absolute atomic E-state index is 5.96. The number of nitrogens with one attached hydrogen (secondary N) is 1. The molecular weight excluding hydrogens is 302 g/mol. The Morgan fingerprint density at radius 3 is 2.38 bits per heavy atom. The van der Waals surface area contributed by atoms with E-state index in [1.165, 1.54) is 5.56 Å². The lowest BCUT2D eigenvalue weighted by molar-refractivity contribution is 0.379. The van der Waals surface area contributed by atoms with E-state index in [1.54, 1.807) is 11.8 Å². The van der Waals surface area contributed by atoms with Gasteiger partial charge in [0.25, 0.3) is 0 Å². The highest BCUT2D eigenvalue weighted by molar-refractivity contribution is 7.97. The average Bonchev–Trinajstić information content (AvgIpc) is 2.89.